The molecule has 1 amide bonds. The van der Waals surface area contributed by atoms with Gasteiger partial charge >= 0.3 is 12.1 Å². The molecule has 0 aliphatic rings. The monoisotopic (exact) mass is 433 g/mol. The molecular weight excluding hydrogens is 396 g/mol. The minimum atomic E-state index is -0.809. The van der Waals surface area contributed by atoms with E-state index in [4.69, 9.17) is 15.6 Å². The van der Waals surface area contributed by atoms with Gasteiger partial charge < -0.3 is 20.3 Å². The summed E-state index contributed by atoms with van der Waals surface area (Å²) < 4.78 is 33.9. The maximum Gasteiger partial charge on any atom is 0.405 e. The maximum absolute atomic E-state index is 12.1. The van der Waals surface area contributed by atoms with Crippen molar-refractivity contribution in [2.45, 2.75) is 85.9 Å². The van der Waals surface area contributed by atoms with E-state index >= 15 is 0 Å². The zero-order valence-electron chi connectivity index (χ0n) is 19.1. The number of phenols is 1. The van der Waals surface area contributed by atoms with Crippen LogP contribution in [-0.2, 0) is 14.3 Å². The van der Waals surface area contributed by atoms with E-state index in [0.29, 0.717) is 12.3 Å². The summed E-state index contributed by atoms with van der Waals surface area (Å²) in [5.41, 5.74) is 4.26. The number of hydrogen-bond acceptors (Lipinski definition) is 5. The summed E-state index contributed by atoms with van der Waals surface area (Å²) in [7, 11) is 0. The minimum absolute atomic E-state index is 0.0463. The Kier molecular flexibility index (Phi) is 15.4. The van der Waals surface area contributed by atoms with E-state index in [1.165, 1.54) is 0 Å². The van der Waals surface area contributed by atoms with Crippen molar-refractivity contribution in [2.24, 2.45) is 11.7 Å². The standard InChI is InChI=1S/C11H22O2.C6H4F2O.C5H11NO2/c1-5-6-7-11(12)13-10(4)8-9(2)3;7-4-1-2-5(8)6(9)3-4;1-5(2,3)8-4(6)7/h9-10H,5-8H2,1-4H3;1-3,9H;1-3H3,(H2,6,7). The van der Waals surface area contributed by atoms with Gasteiger partial charge in [-0.05, 0) is 58.6 Å². The van der Waals surface area contributed by atoms with Crippen LogP contribution in [0.3, 0.4) is 0 Å². The number of nitrogens with two attached hydrogens (primary N) is 1. The lowest BCUT2D eigenvalue weighted by atomic mass is 10.1. The van der Waals surface area contributed by atoms with Crippen LogP contribution >= 0.6 is 0 Å². The first-order chi connectivity index (χ1) is 13.7. The normalized spacial score (nSPS) is 11.4. The highest BCUT2D eigenvalue weighted by Crippen LogP contribution is 2.14. The third-order valence-corrected chi connectivity index (χ3v) is 3.19. The molecule has 1 atom stereocenters. The summed E-state index contributed by atoms with van der Waals surface area (Å²) >= 11 is 0. The quantitative estimate of drug-likeness (QED) is 0.560. The number of rotatable bonds is 6. The summed E-state index contributed by atoms with van der Waals surface area (Å²) in [6.07, 6.45) is 2.86. The van der Waals surface area contributed by atoms with Crippen LogP contribution in [0.25, 0.3) is 0 Å². The van der Waals surface area contributed by atoms with E-state index in [-0.39, 0.29) is 12.1 Å². The van der Waals surface area contributed by atoms with Crippen LogP contribution in [0.2, 0.25) is 0 Å². The highest BCUT2D eigenvalue weighted by molar-refractivity contribution is 5.69. The molecule has 30 heavy (non-hydrogen) atoms. The summed E-state index contributed by atoms with van der Waals surface area (Å²) in [4.78, 5) is 21.2. The van der Waals surface area contributed by atoms with Gasteiger partial charge in [-0.3, -0.25) is 4.79 Å². The fourth-order valence-electron chi connectivity index (χ4n) is 2.10. The van der Waals surface area contributed by atoms with Gasteiger partial charge in [0.1, 0.15) is 11.4 Å². The van der Waals surface area contributed by atoms with Crippen molar-refractivity contribution >= 4 is 12.1 Å². The topological polar surface area (TPSA) is 98.9 Å². The van der Waals surface area contributed by atoms with Gasteiger partial charge in [-0.1, -0.05) is 27.2 Å². The van der Waals surface area contributed by atoms with Crippen molar-refractivity contribution in [1.82, 2.24) is 0 Å². The molecule has 1 unspecified atom stereocenters. The van der Waals surface area contributed by atoms with E-state index in [0.717, 1.165) is 37.5 Å². The number of carbonyl (C=O) groups is 2. The molecule has 0 aliphatic carbocycles. The second-order valence-corrected chi connectivity index (χ2v) is 8.16. The van der Waals surface area contributed by atoms with E-state index in [2.05, 4.69) is 25.5 Å². The molecule has 0 spiro atoms. The first-order valence-electron chi connectivity index (χ1n) is 9.99. The number of aromatic hydroxyl groups is 1. The van der Waals surface area contributed by atoms with E-state index in [9.17, 15) is 18.4 Å². The van der Waals surface area contributed by atoms with Crippen molar-refractivity contribution in [1.29, 1.82) is 0 Å². The number of amides is 1. The second kappa shape index (κ2) is 15.5. The third-order valence-electron chi connectivity index (χ3n) is 3.19. The zero-order chi connectivity index (χ0) is 23.9. The Morgan fingerprint density at radius 2 is 1.73 bits per heavy atom. The van der Waals surface area contributed by atoms with Crippen LogP contribution in [0.5, 0.6) is 5.75 Å². The van der Waals surface area contributed by atoms with E-state index < -0.39 is 29.1 Å². The smallest absolute Gasteiger partial charge is 0.405 e. The molecule has 1 aromatic rings. The predicted molar refractivity (Wildman–Crippen MR) is 113 cm³/mol. The van der Waals surface area contributed by atoms with Crippen molar-refractivity contribution in [3.63, 3.8) is 0 Å². The number of carbonyl (C=O) groups excluding carboxylic acids is 2. The highest BCUT2D eigenvalue weighted by atomic mass is 19.1. The van der Waals surface area contributed by atoms with E-state index in [1.54, 1.807) is 20.8 Å². The largest absolute Gasteiger partial charge is 0.505 e. The first-order valence-corrected chi connectivity index (χ1v) is 9.99. The van der Waals surface area contributed by atoms with Crippen LogP contribution in [0.4, 0.5) is 13.6 Å². The molecule has 0 aliphatic heterocycles. The molecule has 0 radical (unpaired) electrons. The molecule has 0 saturated heterocycles. The summed E-state index contributed by atoms with van der Waals surface area (Å²) in [5.74, 6) is -1.57. The van der Waals surface area contributed by atoms with Crippen molar-refractivity contribution in [3.8, 4) is 5.75 Å². The van der Waals surface area contributed by atoms with Crippen LogP contribution in [0.1, 0.15) is 74.1 Å². The first kappa shape index (κ1) is 29.8. The lowest BCUT2D eigenvalue weighted by molar-refractivity contribution is -0.149. The fourth-order valence-corrected chi connectivity index (χ4v) is 2.10. The summed E-state index contributed by atoms with van der Waals surface area (Å²) in [5, 5.41) is 8.49. The molecule has 1 aromatic carbocycles. The Labute approximate surface area is 178 Å². The van der Waals surface area contributed by atoms with Crippen LogP contribution in [0, 0.1) is 17.6 Å². The van der Waals surface area contributed by atoms with Gasteiger partial charge in [0.15, 0.2) is 11.6 Å². The van der Waals surface area contributed by atoms with Crippen LogP contribution in [0.15, 0.2) is 18.2 Å². The Hall–Kier alpha value is -2.38. The Morgan fingerprint density at radius 3 is 2.07 bits per heavy atom. The average molecular weight is 434 g/mol. The zero-order valence-corrected chi connectivity index (χ0v) is 19.1. The molecule has 0 fully saturated rings. The fraction of sp³-hybridized carbons (Fsp3) is 0.636. The molecule has 0 heterocycles. The molecule has 0 bridgehead atoms. The summed E-state index contributed by atoms with van der Waals surface area (Å²) in [6, 6.07) is 2.52. The minimum Gasteiger partial charge on any atom is -0.505 e. The Morgan fingerprint density at radius 1 is 1.17 bits per heavy atom. The number of halogens is 2. The number of esters is 1. The van der Waals surface area contributed by atoms with Crippen molar-refractivity contribution in [2.75, 3.05) is 0 Å². The van der Waals surface area contributed by atoms with Gasteiger partial charge in [0.2, 0.25) is 0 Å². The average Bonchev–Trinajstić information content (AvgIpc) is 2.54. The summed E-state index contributed by atoms with van der Waals surface area (Å²) in [6.45, 7) is 13.6. The maximum atomic E-state index is 12.1. The van der Waals surface area contributed by atoms with Crippen molar-refractivity contribution in [3.05, 3.63) is 29.8 Å². The lowest BCUT2D eigenvalue weighted by Crippen LogP contribution is -2.27. The lowest BCUT2D eigenvalue weighted by Gasteiger charge is -2.16. The predicted octanol–water partition coefficient (Wildman–Crippen LogP) is 5.71. The molecule has 8 heteroatoms. The number of primary amides is 1. The Balaban J connectivity index is 0. The molecule has 3 N–H and O–H groups in total. The van der Waals surface area contributed by atoms with Crippen molar-refractivity contribution < 1.29 is 33.0 Å². The molecule has 0 saturated carbocycles. The molecule has 6 nitrogen and oxygen atoms in total. The van der Waals surface area contributed by atoms with Gasteiger partial charge in [0, 0.05) is 12.5 Å². The molecular formula is C22H37F2NO5. The van der Waals surface area contributed by atoms with Gasteiger partial charge in [-0.2, -0.15) is 0 Å². The van der Waals surface area contributed by atoms with Gasteiger partial charge in [-0.15, -0.1) is 0 Å². The second-order valence-electron chi connectivity index (χ2n) is 8.16. The van der Waals surface area contributed by atoms with Gasteiger partial charge in [0.05, 0.1) is 6.10 Å². The number of benzene rings is 1. The molecule has 0 aromatic heterocycles. The number of ether oxygens (including phenoxy) is 2. The number of unbranched alkanes of at least 4 members (excludes halogenated alkanes) is 1. The number of phenolic OH excluding ortho intramolecular Hbond substituents is 1. The van der Waals surface area contributed by atoms with Gasteiger partial charge in [0.25, 0.3) is 0 Å². The SMILES string of the molecule is CC(C)(C)OC(N)=O.CCCCC(=O)OC(C)CC(C)C.Oc1cc(F)ccc1F. The molecule has 1 rings (SSSR count). The highest BCUT2D eigenvalue weighted by Gasteiger charge is 2.12. The molecule has 174 valence electrons. The van der Waals surface area contributed by atoms with Crippen LogP contribution in [-0.4, -0.2) is 28.9 Å². The third kappa shape index (κ3) is 20.4. The van der Waals surface area contributed by atoms with E-state index in [1.807, 2.05) is 6.92 Å². The Bertz CT molecular complexity index is 630. The van der Waals surface area contributed by atoms with Crippen LogP contribution < -0.4 is 5.73 Å². The van der Waals surface area contributed by atoms with Gasteiger partial charge in [-0.25, -0.2) is 13.6 Å². The number of hydrogen-bond donors (Lipinski definition) is 2.